The zero-order valence-electron chi connectivity index (χ0n) is 21.6. The highest BCUT2D eigenvalue weighted by Crippen LogP contribution is 2.53. The molecule has 1 aliphatic carbocycles. The Hall–Kier alpha value is -3.73. The number of halogens is 2. The SMILES string of the molecule is CC(C)(O)c1c(SCC2(CC(=O)O)CC2)cccc1-c1cccc(C#Cc2ccc3cc(F)c(F)cc3n2)c1. The Morgan fingerprint density at radius 1 is 1.03 bits per heavy atom. The van der Waals surface area contributed by atoms with Crippen molar-refractivity contribution in [2.24, 2.45) is 5.41 Å². The van der Waals surface area contributed by atoms with Gasteiger partial charge in [-0.05, 0) is 85.5 Å². The maximum Gasteiger partial charge on any atom is 0.303 e. The van der Waals surface area contributed by atoms with Gasteiger partial charge in [-0.3, -0.25) is 4.79 Å². The Kier molecular flexibility index (Phi) is 7.19. The molecular weight excluding hydrogens is 516 g/mol. The topological polar surface area (TPSA) is 70.4 Å². The molecule has 0 spiro atoms. The summed E-state index contributed by atoms with van der Waals surface area (Å²) in [7, 11) is 0. The molecule has 0 aliphatic heterocycles. The lowest BCUT2D eigenvalue weighted by molar-refractivity contribution is -0.138. The largest absolute Gasteiger partial charge is 0.481 e. The van der Waals surface area contributed by atoms with Gasteiger partial charge in [0.15, 0.2) is 11.6 Å². The van der Waals surface area contributed by atoms with Crippen LogP contribution in [0.15, 0.2) is 71.6 Å². The van der Waals surface area contributed by atoms with Crippen LogP contribution in [-0.4, -0.2) is 26.9 Å². The second-order valence-electron chi connectivity index (χ2n) is 10.6. The molecule has 2 N–H and O–H groups in total. The monoisotopic (exact) mass is 543 g/mol. The lowest BCUT2D eigenvalue weighted by Gasteiger charge is -2.26. The van der Waals surface area contributed by atoms with E-state index in [0.717, 1.165) is 52.1 Å². The molecule has 39 heavy (non-hydrogen) atoms. The molecule has 4 nitrogen and oxygen atoms in total. The van der Waals surface area contributed by atoms with Gasteiger partial charge in [0.05, 0.1) is 17.5 Å². The van der Waals surface area contributed by atoms with Crippen LogP contribution in [0.1, 0.15) is 49.9 Å². The number of thioether (sulfide) groups is 1. The summed E-state index contributed by atoms with van der Waals surface area (Å²) in [6, 6.07) is 19.1. The highest BCUT2D eigenvalue weighted by Gasteiger charge is 2.44. The zero-order chi connectivity index (χ0) is 27.8. The van der Waals surface area contributed by atoms with Crippen molar-refractivity contribution in [1.29, 1.82) is 0 Å². The normalized spacial score (nSPS) is 14.1. The van der Waals surface area contributed by atoms with Crippen LogP contribution in [0.3, 0.4) is 0 Å². The number of aromatic nitrogens is 1. The number of aliphatic hydroxyl groups is 1. The van der Waals surface area contributed by atoms with Crippen molar-refractivity contribution < 1.29 is 23.8 Å². The van der Waals surface area contributed by atoms with Crippen LogP contribution in [0, 0.1) is 28.9 Å². The first-order valence-electron chi connectivity index (χ1n) is 12.6. The number of carboxylic acids is 1. The van der Waals surface area contributed by atoms with Gasteiger partial charge in [-0.15, -0.1) is 11.8 Å². The minimum Gasteiger partial charge on any atom is -0.481 e. The lowest BCUT2D eigenvalue weighted by Crippen LogP contribution is -2.19. The second kappa shape index (κ2) is 10.4. The standard InChI is InChI=1S/C32H27F2NO3S/c1-31(2,38)30-24(7-4-8-28(30)39-19-32(13-14-32)18-29(36)37)21-6-3-5-20(15-21)9-11-23-12-10-22-16-25(33)26(34)17-27(22)35-23/h3-8,10,12,15-17,38H,13-14,18-19H2,1-2H3,(H,36,37). The van der Waals surface area contributed by atoms with Crippen LogP contribution in [0.5, 0.6) is 0 Å². The third-order valence-corrected chi connectivity index (χ3v) is 8.30. The summed E-state index contributed by atoms with van der Waals surface area (Å²) in [6.45, 7) is 3.51. The molecule has 1 heterocycles. The smallest absolute Gasteiger partial charge is 0.303 e. The van der Waals surface area contributed by atoms with E-state index < -0.39 is 23.2 Å². The summed E-state index contributed by atoms with van der Waals surface area (Å²) in [5.74, 6) is 4.15. The first-order valence-corrected chi connectivity index (χ1v) is 13.6. The quantitative estimate of drug-likeness (QED) is 0.191. The molecule has 4 aromatic rings. The van der Waals surface area contributed by atoms with Crippen LogP contribution in [0.2, 0.25) is 0 Å². The molecule has 0 amide bonds. The van der Waals surface area contributed by atoms with Gasteiger partial charge in [0.2, 0.25) is 0 Å². The summed E-state index contributed by atoms with van der Waals surface area (Å²) < 4.78 is 27.1. The summed E-state index contributed by atoms with van der Waals surface area (Å²) >= 11 is 1.60. The Labute approximate surface area is 230 Å². The number of hydrogen-bond donors (Lipinski definition) is 2. The minimum atomic E-state index is -1.13. The van der Waals surface area contributed by atoms with Gasteiger partial charge in [0.25, 0.3) is 0 Å². The molecule has 1 aliphatic rings. The predicted molar refractivity (Wildman–Crippen MR) is 149 cm³/mol. The van der Waals surface area contributed by atoms with Crippen molar-refractivity contribution in [2.45, 2.75) is 43.6 Å². The van der Waals surface area contributed by atoms with Gasteiger partial charge in [-0.2, -0.15) is 0 Å². The average Bonchev–Trinajstić information content (AvgIpc) is 3.65. The average molecular weight is 544 g/mol. The molecule has 0 radical (unpaired) electrons. The Bertz CT molecular complexity index is 1650. The Balaban J connectivity index is 1.45. The van der Waals surface area contributed by atoms with Gasteiger partial charge >= 0.3 is 5.97 Å². The summed E-state index contributed by atoms with van der Waals surface area (Å²) in [6.07, 6.45) is 1.97. The van der Waals surface area contributed by atoms with Crippen molar-refractivity contribution in [1.82, 2.24) is 4.98 Å². The maximum absolute atomic E-state index is 13.6. The van der Waals surface area contributed by atoms with Crippen LogP contribution in [-0.2, 0) is 10.4 Å². The van der Waals surface area contributed by atoms with E-state index in [1.807, 2.05) is 42.5 Å². The number of benzene rings is 3. The molecule has 1 saturated carbocycles. The van der Waals surface area contributed by atoms with Crippen LogP contribution in [0.4, 0.5) is 8.78 Å². The van der Waals surface area contributed by atoms with Crippen LogP contribution >= 0.6 is 11.8 Å². The summed E-state index contributed by atoms with van der Waals surface area (Å²) in [4.78, 5) is 16.6. The zero-order valence-corrected chi connectivity index (χ0v) is 22.4. The van der Waals surface area contributed by atoms with Gasteiger partial charge in [-0.1, -0.05) is 30.2 Å². The van der Waals surface area contributed by atoms with E-state index in [-0.39, 0.29) is 11.8 Å². The van der Waals surface area contributed by atoms with Gasteiger partial charge in [0, 0.05) is 33.2 Å². The Morgan fingerprint density at radius 2 is 1.77 bits per heavy atom. The highest BCUT2D eigenvalue weighted by molar-refractivity contribution is 7.99. The van der Waals surface area contributed by atoms with Gasteiger partial charge in [0.1, 0.15) is 5.69 Å². The predicted octanol–water partition coefficient (Wildman–Crippen LogP) is 7.15. The lowest BCUT2D eigenvalue weighted by atomic mass is 9.89. The fourth-order valence-electron chi connectivity index (χ4n) is 4.71. The number of pyridine rings is 1. The van der Waals surface area contributed by atoms with Crippen molar-refractivity contribution in [2.75, 3.05) is 5.75 Å². The number of carbonyl (C=O) groups is 1. The molecule has 198 valence electrons. The molecular formula is C32H27F2NO3S. The van der Waals surface area contributed by atoms with E-state index >= 15 is 0 Å². The van der Waals surface area contributed by atoms with E-state index in [1.54, 1.807) is 37.7 Å². The van der Waals surface area contributed by atoms with E-state index in [2.05, 4.69) is 16.8 Å². The number of hydrogen-bond acceptors (Lipinski definition) is 4. The third-order valence-electron chi connectivity index (χ3n) is 6.89. The molecule has 0 unspecified atom stereocenters. The highest BCUT2D eigenvalue weighted by atomic mass is 32.2. The molecule has 7 heteroatoms. The maximum atomic E-state index is 13.6. The van der Waals surface area contributed by atoms with Gasteiger partial charge < -0.3 is 10.2 Å². The van der Waals surface area contributed by atoms with E-state index in [0.29, 0.717) is 22.3 Å². The van der Waals surface area contributed by atoms with Crippen molar-refractivity contribution in [3.63, 3.8) is 0 Å². The first-order chi connectivity index (χ1) is 18.5. The number of carboxylic acid groups (broad SMARTS) is 1. The molecule has 1 aromatic heterocycles. The number of aliphatic carboxylic acids is 1. The van der Waals surface area contributed by atoms with E-state index in [4.69, 9.17) is 0 Å². The van der Waals surface area contributed by atoms with Crippen molar-refractivity contribution in [3.8, 4) is 23.0 Å². The fraction of sp³-hybridized carbons (Fsp3) is 0.250. The van der Waals surface area contributed by atoms with E-state index in [1.165, 1.54) is 0 Å². The molecule has 0 bridgehead atoms. The third kappa shape index (κ3) is 6.13. The summed E-state index contributed by atoms with van der Waals surface area (Å²) in [5.41, 5.74) is 2.75. The van der Waals surface area contributed by atoms with E-state index in [9.17, 15) is 23.8 Å². The van der Waals surface area contributed by atoms with Crippen LogP contribution < -0.4 is 0 Å². The summed E-state index contributed by atoms with van der Waals surface area (Å²) in [5, 5.41) is 20.9. The molecule has 0 saturated heterocycles. The number of fused-ring (bicyclic) bond motifs is 1. The number of rotatable bonds is 7. The molecule has 0 atom stereocenters. The van der Waals surface area contributed by atoms with Crippen molar-refractivity contribution in [3.05, 3.63) is 95.2 Å². The van der Waals surface area contributed by atoms with Crippen LogP contribution in [0.25, 0.3) is 22.0 Å². The molecule has 1 fully saturated rings. The van der Waals surface area contributed by atoms with Crippen molar-refractivity contribution >= 4 is 28.6 Å². The Morgan fingerprint density at radius 3 is 2.49 bits per heavy atom. The minimum absolute atomic E-state index is 0.163. The molecule has 5 rings (SSSR count). The molecule has 3 aromatic carbocycles. The fourth-order valence-corrected chi connectivity index (χ4v) is 6.24. The second-order valence-corrected chi connectivity index (χ2v) is 11.6. The number of nitrogens with zero attached hydrogens (tertiary/aromatic N) is 1. The van der Waals surface area contributed by atoms with Gasteiger partial charge in [-0.25, -0.2) is 13.8 Å². The first kappa shape index (κ1) is 26.9.